The Morgan fingerprint density at radius 2 is 0.842 bits per heavy atom. The minimum Gasteiger partial charge on any atom is -0.309 e. The van der Waals surface area contributed by atoms with Gasteiger partial charge in [0.1, 0.15) is 0 Å². The molecule has 2 heterocycles. The van der Waals surface area contributed by atoms with Crippen LogP contribution in [0, 0.1) is 6.57 Å². The van der Waals surface area contributed by atoms with Gasteiger partial charge in [0.25, 0.3) is 0 Å². The Morgan fingerprint density at radius 1 is 0.351 bits per heavy atom. The van der Waals surface area contributed by atoms with Gasteiger partial charge in [0.15, 0.2) is 23.2 Å². The second kappa shape index (κ2) is 14.4. The molecule has 10 aromatic rings. The molecule has 5 heteroatoms. The highest BCUT2D eigenvalue weighted by atomic mass is 15.0. The van der Waals surface area contributed by atoms with E-state index in [1.165, 1.54) is 11.1 Å². The monoisotopic (exact) mass is 727 g/mol. The summed E-state index contributed by atoms with van der Waals surface area (Å²) in [5.41, 5.74) is 12.6. The van der Waals surface area contributed by atoms with Crippen molar-refractivity contribution in [1.82, 2.24) is 19.5 Å². The Kier molecular flexibility index (Phi) is 8.48. The maximum absolute atomic E-state index is 8.07. The van der Waals surface area contributed by atoms with Crippen LogP contribution in [-0.4, -0.2) is 19.5 Å². The van der Waals surface area contributed by atoms with Crippen molar-refractivity contribution in [3.05, 3.63) is 212 Å². The van der Waals surface area contributed by atoms with Gasteiger partial charge in [0, 0.05) is 33.2 Å². The highest BCUT2D eigenvalue weighted by molar-refractivity contribution is 6.10. The predicted molar refractivity (Wildman–Crippen MR) is 233 cm³/mol. The molecule has 57 heavy (non-hydrogen) atoms. The summed E-state index contributed by atoms with van der Waals surface area (Å²) in [5.74, 6) is 1.73. The third kappa shape index (κ3) is 6.32. The number of fused-ring (bicyclic) bond motifs is 3. The molecular formula is C52H33N5. The molecule has 0 aliphatic rings. The first-order valence-corrected chi connectivity index (χ1v) is 18.9. The largest absolute Gasteiger partial charge is 0.309 e. The van der Waals surface area contributed by atoms with Gasteiger partial charge in [-0.2, -0.15) is 0 Å². The maximum atomic E-state index is 8.07. The molecule has 0 amide bonds. The van der Waals surface area contributed by atoms with Crippen LogP contribution in [0.1, 0.15) is 0 Å². The Balaban J connectivity index is 1.23. The molecule has 0 unspecified atom stereocenters. The van der Waals surface area contributed by atoms with E-state index in [1.807, 2.05) is 91.0 Å². The SMILES string of the molecule is [C-]#[N+]c1ccccc1-c1cc(-c2nc(-c3ccccc3)nc(-c3ccccc3)n2)cc(-n2c3ccccc3c3ccc(-c4cccc(-c5ccccc5)c4)cc32)c1. The second-order valence-electron chi connectivity index (χ2n) is 14.0. The van der Waals surface area contributed by atoms with E-state index in [2.05, 4.69) is 119 Å². The molecule has 0 fully saturated rings. The van der Waals surface area contributed by atoms with Crippen LogP contribution in [0.4, 0.5) is 5.69 Å². The summed E-state index contributed by atoms with van der Waals surface area (Å²) < 4.78 is 2.33. The van der Waals surface area contributed by atoms with Gasteiger partial charge < -0.3 is 4.57 Å². The van der Waals surface area contributed by atoms with Crippen LogP contribution < -0.4 is 0 Å². The number of hydrogen-bond acceptors (Lipinski definition) is 3. The molecule has 10 rings (SSSR count). The van der Waals surface area contributed by atoms with Gasteiger partial charge in [0.05, 0.1) is 17.6 Å². The fourth-order valence-electron chi connectivity index (χ4n) is 7.72. The summed E-state index contributed by atoms with van der Waals surface area (Å²) in [6.07, 6.45) is 0. The standard InChI is InChI=1S/C52H33N5/c1-53-47-26-13-11-24-44(47)41-31-42(52-55-50(36-18-7-3-8-19-36)54-51(56-52)37-20-9-4-10-21-37)33-43(32-41)57-48-27-14-12-25-45(48)46-29-28-40(34-49(46)57)39-23-15-22-38(30-39)35-16-5-2-6-17-35/h2-34H. The highest BCUT2D eigenvalue weighted by Gasteiger charge is 2.19. The van der Waals surface area contributed by atoms with Gasteiger partial charge in [0.2, 0.25) is 0 Å². The minimum absolute atomic E-state index is 0.547. The van der Waals surface area contributed by atoms with Crippen LogP contribution in [-0.2, 0) is 0 Å². The van der Waals surface area contributed by atoms with Gasteiger partial charge in [-0.1, -0.05) is 164 Å². The molecule has 266 valence electrons. The van der Waals surface area contributed by atoms with Crippen LogP contribution in [0.25, 0.3) is 99.9 Å². The highest BCUT2D eigenvalue weighted by Crippen LogP contribution is 2.40. The Labute approximate surface area is 330 Å². The average Bonchev–Trinajstić information content (AvgIpc) is 3.63. The summed E-state index contributed by atoms with van der Waals surface area (Å²) >= 11 is 0. The lowest BCUT2D eigenvalue weighted by atomic mass is 9.98. The van der Waals surface area contributed by atoms with Gasteiger partial charge in [-0.15, -0.1) is 0 Å². The smallest absolute Gasteiger partial charge is 0.194 e. The number of benzene rings is 8. The zero-order valence-electron chi connectivity index (χ0n) is 30.8. The molecular weight excluding hydrogens is 695 g/mol. The molecule has 0 saturated heterocycles. The van der Waals surface area contributed by atoms with Gasteiger partial charge in [-0.3, -0.25) is 0 Å². The maximum Gasteiger partial charge on any atom is 0.194 e. The van der Waals surface area contributed by atoms with Crippen molar-refractivity contribution >= 4 is 27.5 Å². The van der Waals surface area contributed by atoms with Crippen molar-refractivity contribution in [1.29, 1.82) is 0 Å². The fourth-order valence-corrected chi connectivity index (χ4v) is 7.72. The van der Waals surface area contributed by atoms with Gasteiger partial charge in [-0.05, 0) is 69.8 Å². The summed E-state index contributed by atoms with van der Waals surface area (Å²) in [6, 6.07) is 68.8. The van der Waals surface area contributed by atoms with E-state index in [-0.39, 0.29) is 0 Å². The second-order valence-corrected chi connectivity index (χ2v) is 14.0. The van der Waals surface area contributed by atoms with E-state index in [1.54, 1.807) is 0 Å². The molecule has 8 aromatic carbocycles. The third-order valence-electron chi connectivity index (χ3n) is 10.4. The normalized spacial score (nSPS) is 11.1. The van der Waals surface area contributed by atoms with Crippen molar-refractivity contribution in [3.63, 3.8) is 0 Å². The number of nitrogens with zero attached hydrogens (tertiary/aromatic N) is 5. The summed E-state index contributed by atoms with van der Waals surface area (Å²) in [7, 11) is 0. The molecule has 0 bridgehead atoms. The fraction of sp³-hybridized carbons (Fsp3) is 0. The average molecular weight is 728 g/mol. The van der Waals surface area contributed by atoms with Crippen LogP contribution in [0.2, 0.25) is 0 Å². The predicted octanol–water partition coefficient (Wildman–Crippen LogP) is 13.5. The lowest BCUT2D eigenvalue weighted by Crippen LogP contribution is -2.02. The molecule has 2 aromatic heterocycles. The molecule has 0 aliphatic heterocycles. The van der Waals surface area contributed by atoms with Crippen LogP contribution in [0.5, 0.6) is 0 Å². The quantitative estimate of drug-likeness (QED) is 0.154. The first-order chi connectivity index (χ1) is 28.2. The molecule has 5 nitrogen and oxygen atoms in total. The van der Waals surface area contributed by atoms with Gasteiger partial charge >= 0.3 is 0 Å². The van der Waals surface area contributed by atoms with Crippen molar-refractivity contribution in [2.75, 3.05) is 0 Å². The Morgan fingerprint density at radius 3 is 1.53 bits per heavy atom. The zero-order valence-corrected chi connectivity index (χ0v) is 30.8. The van der Waals surface area contributed by atoms with Crippen molar-refractivity contribution in [2.24, 2.45) is 0 Å². The molecule has 0 saturated carbocycles. The van der Waals surface area contributed by atoms with Crippen molar-refractivity contribution < 1.29 is 0 Å². The minimum atomic E-state index is 0.547. The van der Waals surface area contributed by atoms with E-state index in [0.29, 0.717) is 23.2 Å². The summed E-state index contributed by atoms with van der Waals surface area (Å²) in [4.78, 5) is 19.1. The third-order valence-corrected chi connectivity index (χ3v) is 10.4. The van der Waals surface area contributed by atoms with Crippen LogP contribution in [0.3, 0.4) is 0 Å². The lowest BCUT2D eigenvalue weighted by molar-refractivity contribution is 1.07. The van der Waals surface area contributed by atoms with Crippen molar-refractivity contribution in [2.45, 2.75) is 0 Å². The van der Waals surface area contributed by atoms with E-state index in [4.69, 9.17) is 21.5 Å². The molecule has 0 radical (unpaired) electrons. The number of hydrogen-bond donors (Lipinski definition) is 0. The number of aromatic nitrogens is 4. The molecule has 0 spiro atoms. The zero-order chi connectivity index (χ0) is 38.1. The molecule has 0 aliphatic carbocycles. The molecule has 0 N–H and O–H groups in total. The first-order valence-electron chi connectivity index (χ1n) is 18.9. The van der Waals surface area contributed by atoms with E-state index >= 15 is 0 Å². The number of para-hydroxylation sites is 2. The van der Waals surface area contributed by atoms with E-state index in [9.17, 15) is 0 Å². The Bertz CT molecular complexity index is 3070. The van der Waals surface area contributed by atoms with Gasteiger partial charge in [-0.25, -0.2) is 19.8 Å². The molecule has 0 atom stereocenters. The summed E-state index contributed by atoms with van der Waals surface area (Å²) in [5, 5.41) is 2.31. The van der Waals surface area contributed by atoms with Crippen LogP contribution in [0.15, 0.2) is 200 Å². The Hall–Kier alpha value is -7.94. The number of rotatable bonds is 7. The van der Waals surface area contributed by atoms with E-state index < -0.39 is 0 Å². The summed E-state index contributed by atoms with van der Waals surface area (Å²) in [6.45, 7) is 8.07. The van der Waals surface area contributed by atoms with Crippen LogP contribution >= 0.6 is 0 Å². The lowest BCUT2D eigenvalue weighted by Gasteiger charge is -2.15. The van der Waals surface area contributed by atoms with E-state index in [0.717, 1.165) is 66.4 Å². The topological polar surface area (TPSA) is 48.0 Å². The van der Waals surface area contributed by atoms with Crippen molar-refractivity contribution in [3.8, 4) is 73.2 Å². The first kappa shape index (κ1) is 33.6.